The van der Waals surface area contributed by atoms with Crippen molar-refractivity contribution in [2.45, 2.75) is 45.2 Å². The van der Waals surface area contributed by atoms with Gasteiger partial charge in [-0.2, -0.15) is 4.98 Å². The SMILES string of the molecule is CCC1CCCCN1c1ccnc(N2CCN(Cc3ccccc3)CC2)n1. The molecular formula is C22H31N5. The summed E-state index contributed by atoms with van der Waals surface area (Å²) in [6.07, 6.45) is 7.03. The fourth-order valence-corrected chi connectivity index (χ4v) is 4.33. The van der Waals surface area contributed by atoms with Gasteiger partial charge in [0.25, 0.3) is 0 Å². The first kappa shape index (κ1) is 18.2. The standard InChI is InChI=1S/C22H31N5/c1-2-20-10-6-7-13-27(20)21-11-12-23-22(24-21)26-16-14-25(15-17-26)18-19-8-4-3-5-9-19/h3-5,8-9,11-12,20H,2,6-7,10,13-18H2,1H3. The third-order valence-electron chi connectivity index (χ3n) is 5.92. The molecule has 5 heteroatoms. The highest BCUT2D eigenvalue weighted by atomic mass is 15.3. The van der Waals surface area contributed by atoms with Crippen LogP contribution in [0.25, 0.3) is 0 Å². The molecular weight excluding hydrogens is 334 g/mol. The maximum absolute atomic E-state index is 4.95. The zero-order valence-electron chi connectivity index (χ0n) is 16.4. The monoisotopic (exact) mass is 365 g/mol. The highest BCUT2D eigenvalue weighted by Gasteiger charge is 2.24. The van der Waals surface area contributed by atoms with E-state index in [0.29, 0.717) is 6.04 Å². The number of aromatic nitrogens is 2. The highest BCUT2D eigenvalue weighted by molar-refractivity contribution is 5.45. The van der Waals surface area contributed by atoms with Crippen molar-refractivity contribution in [3.8, 4) is 0 Å². The summed E-state index contributed by atoms with van der Waals surface area (Å²) < 4.78 is 0. The molecule has 144 valence electrons. The molecule has 0 N–H and O–H groups in total. The van der Waals surface area contributed by atoms with Gasteiger partial charge in [0.1, 0.15) is 5.82 Å². The van der Waals surface area contributed by atoms with Crippen molar-refractivity contribution in [1.29, 1.82) is 0 Å². The lowest BCUT2D eigenvalue weighted by atomic mass is 10.0. The zero-order valence-corrected chi connectivity index (χ0v) is 16.4. The van der Waals surface area contributed by atoms with Gasteiger partial charge >= 0.3 is 0 Å². The minimum atomic E-state index is 0.629. The van der Waals surface area contributed by atoms with Gasteiger partial charge in [-0.15, -0.1) is 0 Å². The van der Waals surface area contributed by atoms with E-state index in [9.17, 15) is 0 Å². The Morgan fingerprint density at radius 3 is 2.56 bits per heavy atom. The van der Waals surface area contributed by atoms with Gasteiger partial charge in [-0.25, -0.2) is 4.98 Å². The molecule has 27 heavy (non-hydrogen) atoms. The van der Waals surface area contributed by atoms with Crippen molar-refractivity contribution in [2.24, 2.45) is 0 Å². The van der Waals surface area contributed by atoms with E-state index >= 15 is 0 Å². The minimum Gasteiger partial charge on any atom is -0.353 e. The molecule has 2 aromatic rings. The first-order chi connectivity index (χ1) is 13.3. The van der Waals surface area contributed by atoms with Crippen molar-refractivity contribution < 1.29 is 0 Å². The average molecular weight is 366 g/mol. The summed E-state index contributed by atoms with van der Waals surface area (Å²) in [7, 11) is 0. The largest absolute Gasteiger partial charge is 0.353 e. The van der Waals surface area contributed by atoms with Crippen LogP contribution < -0.4 is 9.80 Å². The summed E-state index contributed by atoms with van der Waals surface area (Å²) in [6, 6.07) is 13.5. The lowest BCUT2D eigenvalue weighted by Crippen LogP contribution is -2.46. The smallest absolute Gasteiger partial charge is 0.227 e. The lowest BCUT2D eigenvalue weighted by molar-refractivity contribution is 0.248. The topological polar surface area (TPSA) is 35.5 Å². The predicted molar refractivity (Wildman–Crippen MR) is 111 cm³/mol. The third kappa shape index (κ3) is 4.41. The number of benzene rings is 1. The molecule has 1 aromatic carbocycles. The second-order valence-electron chi connectivity index (χ2n) is 7.71. The Morgan fingerprint density at radius 2 is 1.78 bits per heavy atom. The van der Waals surface area contributed by atoms with Gasteiger partial charge in [0, 0.05) is 51.5 Å². The minimum absolute atomic E-state index is 0.629. The fourth-order valence-electron chi connectivity index (χ4n) is 4.33. The van der Waals surface area contributed by atoms with Crippen LogP contribution in [0.5, 0.6) is 0 Å². The molecule has 2 aliphatic heterocycles. The summed E-state index contributed by atoms with van der Waals surface area (Å²) >= 11 is 0. The van der Waals surface area contributed by atoms with Crippen molar-refractivity contribution in [1.82, 2.24) is 14.9 Å². The Kier molecular flexibility index (Phi) is 5.87. The molecule has 0 radical (unpaired) electrons. The number of piperazine rings is 1. The van der Waals surface area contributed by atoms with E-state index < -0.39 is 0 Å². The Balaban J connectivity index is 1.38. The van der Waals surface area contributed by atoms with Crippen LogP contribution >= 0.6 is 0 Å². The van der Waals surface area contributed by atoms with Gasteiger partial charge in [-0.3, -0.25) is 4.90 Å². The van der Waals surface area contributed by atoms with Crippen LogP contribution in [-0.4, -0.2) is 53.6 Å². The summed E-state index contributed by atoms with van der Waals surface area (Å²) in [4.78, 5) is 16.9. The molecule has 2 fully saturated rings. The first-order valence-electron chi connectivity index (χ1n) is 10.4. The summed E-state index contributed by atoms with van der Waals surface area (Å²) in [5.74, 6) is 2.01. The van der Waals surface area contributed by atoms with Crippen LogP contribution in [-0.2, 0) is 6.54 Å². The second kappa shape index (κ2) is 8.70. The molecule has 0 saturated carbocycles. The fraction of sp³-hybridized carbons (Fsp3) is 0.545. The molecule has 5 nitrogen and oxygen atoms in total. The van der Waals surface area contributed by atoms with Gasteiger partial charge in [0.05, 0.1) is 0 Å². The number of nitrogens with zero attached hydrogens (tertiary/aromatic N) is 5. The Labute approximate surface area is 163 Å². The van der Waals surface area contributed by atoms with Gasteiger partial charge < -0.3 is 9.80 Å². The summed E-state index contributed by atoms with van der Waals surface area (Å²) in [5, 5.41) is 0. The molecule has 0 aliphatic carbocycles. The van der Waals surface area contributed by atoms with E-state index in [0.717, 1.165) is 51.0 Å². The summed E-state index contributed by atoms with van der Waals surface area (Å²) in [6.45, 7) is 8.55. The maximum atomic E-state index is 4.95. The van der Waals surface area contributed by atoms with E-state index in [2.05, 4.69) is 63.0 Å². The van der Waals surface area contributed by atoms with Crippen LogP contribution in [0.15, 0.2) is 42.6 Å². The Morgan fingerprint density at radius 1 is 0.963 bits per heavy atom. The quantitative estimate of drug-likeness (QED) is 0.809. The van der Waals surface area contributed by atoms with Crippen LogP contribution in [0.2, 0.25) is 0 Å². The number of rotatable bonds is 5. The van der Waals surface area contributed by atoms with Crippen molar-refractivity contribution in [3.63, 3.8) is 0 Å². The molecule has 3 heterocycles. The molecule has 1 unspecified atom stereocenters. The van der Waals surface area contributed by atoms with Crippen LogP contribution in [0, 0.1) is 0 Å². The van der Waals surface area contributed by atoms with Crippen LogP contribution in [0.4, 0.5) is 11.8 Å². The molecule has 0 amide bonds. The molecule has 0 bridgehead atoms. The predicted octanol–water partition coefficient (Wildman–Crippen LogP) is 3.57. The van der Waals surface area contributed by atoms with E-state index in [4.69, 9.17) is 4.98 Å². The molecule has 1 atom stereocenters. The molecule has 0 spiro atoms. The lowest BCUT2D eigenvalue weighted by Gasteiger charge is -2.37. The molecule has 4 rings (SSSR count). The van der Waals surface area contributed by atoms with Gasteiger partial charge in [-0.1, -0.05) is 37.3 Å². The number of hydrogen-bond acceptors (Lipinski definition) is 5. The van der Waals surface area contributed by atoms with Crippen molar-refractivity contribution >= 4 is 11.8 Å². The molecule has 1 aromatic heterocycles. The Hall–Kier alpha value is -2.14. The van der Waals surface area contributed by atoms with Crippen LogP contribution in [0.3, 0.4) is 0 Å². The number of anilines is 2. The normalized spacial score (nSPS) is 21.4. The first-order valence-corrected chi connectivity index (χ1v) is 10.4. The van der Waals surface area contributed by atoms with E-state index in [1.165, 1.54) is 31.2 Å². The number of hydrogen-bond donors (Lipinski definition) is 0. The van der Waals surface area contributed by atoms with Gasteiger partial charge in [-0.05, 0) is 37.3 Å². The van der Waals surface area contributed by atoms with Crippen molar-refractivity contribution in [3.05, 3.63) is 48.2 Å². The van der Waals surface area contributed by atoms with Crippen molar-refractivity contribution in [2.75, 3.05) is 42.5 Å². The maximum Gasteiger partial charge on any atom is 0.227 e. The van der Waals surface area contributed by atoms with Crippen LogP contribution in [0.1, 0.15) is 38.2 Å². The van der Waals surface area contributed by atoms with E-state index in [1.54, 1.807) is 0 Å². The Bertz CT molecular complexity index is 712. The third-order valence-corrected chi connectivity index (χ3v) is 5.92. The summed E-state index contributed by atoms with van der Waals surface area (Å²) in [5.41, 5.74) is 1.39. The second-order valence-corrected chi connectivity index (χ2v) is 7.71. The van der Waals surface area contributed by atoms with Gasteiger partial charge in [0.15, 0.2) is 0 Å². The van der Waals surface area contributed by atoms with E-state index in [-0.39, 0.29) is 0 Å². The zero-order chi connectivity index (χ0) is 18.5. The van der Waals surface area contributed by atoms with Gasteiger partial charge in [0.2, 0.25) is 5.95 Å². The molecule has 2 aliphatic rings. The average Bonchev–Trinajstić information content (AvgIpc) is 2.75. The number of piperidine rings is 1. The highest BCUT2D eigenvalue weighted by Crippen LogP contribution is 2.26. The van der Waals surface area contributed by atoms with E-state index in [1.807, 2.05) is 6.20 Å². The molecule has 2 saturated heterocycles.